The third-order valence-electron chi connectivity index (χ3n) is 4.09. The van der Waals surface area contributed by atoms with E-state index in [1.165, 1.54) is 0 Å². The first-order chi connectivity index (χ1) is 10.8. The summed E-state index contributed by atoms with van der Waals surface area (Å²) in [5.74, 6) is -1.02. The normalized spacial score (nSPS) is 11.3. The molecule has 23 heavy (non-hydrogen) atoms. The number of hydrogen-bond acceptors (Lipinski definition) is 2. The van der Waals surface area contributed by atoms with E-state index in [0.717, 1.165) is 11.1 Å². The SMILES string of the molecule is Cc1ccc2c(=O)c3ccc(Cl)c(Cl)c3n(CC(=O)O)c2c1C. The molecule has 0 amide bonds. The number of carbonyl (C=O) groups is 1. The Morgan fingerprint density at radius 3 is 2.35 bits per heavy atom. The third kappa shape index (κ3) is 2.38. The van der Waals surface area contributed by atoms with Gasteiger partial charge in [0.05, 0.1) is 21.1 Å². The summed E-state index contributed by atoms with van der Waals surface area (Å²) in [7, 11) is 0. The molecule has 3 rings (SSSR count). The molecule has 1 heterocycles. The Balaban J connectivity index is 2.70. The van der Waals surface area contributed by atoms with Crippen molar-refractivity contribution in [3.05, 3.63) is 55.7 Å². The lowest BCUT2D eigenvalue weighted by molar-refractivity contribution is -0.137. The van der Waals surface area contributed by atoms with Crippen LogP contribution in [0.5, 0.6) is 0 Å². The van der Waals surface area contributed by atoms with Crippen LogP contribution in [0.3, 0.4) is 0 Å². The van der Waals surface area contributed by atoms with E-state index in [1.54, 1.807) is 22.8 Å². The molecule has 0 saturated heterocycles. The molecule has 0 aliphatic heterocycles. The van der Waals surface area contributed by atoms with Crippen molar-refractivity contribution in [2.75, 3.05) is 0 Å². The van der Waals surface area contributed by atoms with Crippen LogP contribution in [-0.2, 0) is 11.3 Å². The second-order valence-corrected chi connectivity index (χ2v) is 6.26. The van der Waals surface area contributed by atoms with Gasteiger partial charge >= 0.3 is 5.97 Å². The Kier molecular flexibility index (Phi) is 3.82. The van der Waals surface area contributed by atoms with Gasteiger partial charge in [-0.25, -0.2) is 0 Å². The summed E-state index contributed by atoms with van der Waals surface area (Å²) in [5, 5.41) is 10.6. The average molecular weight is 350 g/mol. The van der Waals surface area contributed by atoms with Gasteiger partial charge < -0.3 is 9.67 Å². The lowest BCUT2D eigenvalue weighted by atomic mass is 10.0. The minimum Gasteiger partial charge on any atom is -0.480 e. The minimum absolute atomic E-state index is 0.182. The van der Waals surface area contributed by atoms with Gasteiger partial charge in [-0.2, -0.15) is 0 Å². The molecule has 0 atom stereocenters. The van der Waals surface area contributed by atoms with Crippen LogP contribution in [0.1, 0.15) is 11.1 Å². The predicted molar refractivity (Wildman–Crippen MR) is 92.8 cm³/mol. The van der Waals surface area contributed by atoms with E-state index < -0.39 is 5.97 Å². The van der Waals surface area contributed by atoms with E-state index >= 15 is 0 Å². The van der Waals surface area contributed by atoms with Crippen LogP contribution in [0.2, 0.25) is 10.0 Å². The number of carboxylic acids is 1. The number of pyridine rings is 1. The molecule has 1 aromatic heterocycles. The highest BCUT2D eigenvalue weighted by Crippen LogP contribution is 2.33. The number of nitrogens with zero attached hydrogens (tertiary/aromatic N) is 1. The Morgan fingerprint density at radius 2 is 1.70 bits per heavy atom. The van der Waals surface area contributed by atoms with Crippen molar-refractivity contribution in [1.82, 2.24) is 4.57 Å². The number of aromatic nitrogens is 1. The van der Waals surface area contributed by atoms with Gasteiger partial charge in [0.25, 0.3) is 0 Å². The third-order valence-corrected chi connectivity index (χ3v) is 4.89. The minimum atomic E-state index is -1.02. The van der Waals surface area contributed by atoms with Gasteiger partial charge in [-0.15, -0.1) is 0 Å². The van der Waals surface area contributed by atoms with Gasteiger partial charge in [-0.1, -0.05) is 29.3 Å². The maximum Gasteiger partial charge on any atom is 0.323 e. The summed E-state index contributed by atoms with van der Waals surface area (Å²) in [6, 6.07) is 6.71. The van der Waals surface area contributed by atoms with Crippen LogP contribution in [0.4, 0.5) is 0 Å². The highest BCUT2D eigenvalue weighted by molar-refractivity contribution is 6.45. The second-order valence-electron chi connectivity index (χ2n) is 5.47. The van der Waals surface area contributed by atoms with Crippen LogP contribution < -0.4 is 5.43 Å². The van der Waals surface area contributed by atoms with Crippen LogP contribution in [0.15, 0.2) is 29.1 Å². The van der Waals surface area contributed by atoms with E-state index in [9.17, 15) is 14.7 Å². The zero-order chi connectivity index (χ0) is 16.9. The largest absolute Gasteiger partial charge is 0.480 e. The molecule has 118 valence electrons. The van der Waals surface area contributed by atoms with Crippen molar-refractivity contribution in [2.45, 2.75) is 20.4 Å². The maximum atomic E-state index is 12.8. The molecule has 0 saturated carbocycles. The van der Waals surface area contributed by atoms with Crippen LogP contribution in [0.25, 0.3) is 21.8 Å². The molecule has 4 nitrogen and oxygen atoms in total. The summed E-state index contributed by atoms with van der Waals surface area (Å²) in [4.78, 5) is 24.1. The summed E-state index contributed by atoms with van der Waals surface area (Å²) >= 11 is 12.4. The summed E-state index contributed by atoms with van der Waals surface area (Å²) < 4.78 is 1.56. The highest BCUT2D eigenvalue weighted by atomic mass is 35.5. The fraction of sp³-hybridized carbons (Fsp3) is 0.176. The number of aryl methyl sites for hydroxylation is 2. The zero-order valence-corrected chi connectivity index (χ0v) is 14.0. The van der Waals surface area contributed by atoms with Crippen molar-refractivity contribution < 1.29 is 9.90 Å². The smallest absolute Gasteiger partial charge is 0.323 e. The standard InChI is InChI=1S/C17H13Cl2NO3/c1-8-3-4-10-15(9(8)2)20(7-13(21)22)16-11(17(10)23)5-6-12(18)14(16)19/h3-6H,7H2,1-2H3,(H,21,22). The van der Waals surface area contributed by atoms with Gasteiger partial charge in [0.2, 0.25) is 0 Å². The zero-order valence-electron chi connectivity index (χ0n) is 12.5. The monoisotopic (exact) mass is 349 g/mol. The fourth-order valence-electron chi connectivity index (χ4n) is 2.87. The van der Waals surface area contributed by atoms with Gasteiger partial charge in [0.15, 0.2) is 5.43 Å². The topological polar surface area (TPSA) is 59.3 Å². The van der Waals surface area contributed by atoms with Crippen molar-refractivity contribution in [2.24, 2.45) is 0 Å². The van der Waals surface area contributed by atoms with Crippen LogP contribution in [0, 0.1) is 13.8 Å². The van der Waals surface area contributed by atoms with E-state index in [-0.39, 0.29) is 22.0 Å². The lowest BCUT2D eigenvalue weighted by Gasteiger charge is -2.17. The molecule has 0 aliphatic rings. The molecule has 1 N–H and O–H groups in total. The summed E-state index contributed by atoms with van der Waals surface area (Å²) in [6.07, 6.45) is 0. The lowest BCUT2D eigenvalue weighted by Crippen LogP contribution is -2.17. The number of carboxylic acid groups (broad SMARTS) is 1. The van der Waals surface area contributed by atoms with Crippen molar-refractivity contribution in [3.63, 3.8) is 0 Å². The molecule has 0 aliphatic carbocycles. The van der Waals surface area contributed by atoms with Crippen LogP contribution >= 0.6 is 23.2 Å². The number of halogens is 2. The van der Waals surface area contributed by atoms with Gasteiger partial charge in [0.1, 0.15) is 6.54 Å². The molecule has 6 heteroatoms. The van der Waals surface area contributed by atoms with E-state index in [0.29, 0.717) is 21.8 Å². The molecule has 0 spiro atoms. The molecular formula is C17H13Cl2NO3. The van der Waals surface area contributed by atoms with Crippen molar-refractivity contribution in [3.8, 4) is 0 Å². The number of fused-ring (bicyclic) bond motifs is 2. The van der Waals surface area contributed by atoms with Gasteiger partial charge in [0, 0.05) is 10.8 Å². The van der Waals surface area contributed by atoms with Crippen molar-refractivity contribution in [1.29, 1.82) is 0 Å². The molecule has 3 aromatic rings. The number of benzene rings is 2. The average Bonchev–Trinajstić information content (AvgIpc) is 2.49. The highest BCUT2D eigenvalue weighted by Gasteiger charge is 2.18. The summed E-state index contributed by atoms with van der Waals surface area (Å²) in [6.45, 7) is 3.46. The first kappa shape index (κ1) is 15.8. The van der Waals surface area contributed by atoms with Gasteiger partial charge in [-0.05, 0) is 43.2 Å². The molecule has 0 radical (unpaired) electrons. The fourth-order valence-corrected chi connectivity index (χ4v) is 3.29. The Bertz CT molecular complexity index is 966. The summed E-state index contributed by atoms with van der Waals surface area (Å²) in [5.41, 5.74) is 2.56. The molecule has 2 aromatic carbocycles. The van der Waals surface area contributed by atoms with E-state index in [4.69, 9.17) is 23.2 Å². The Morgan fingerprint density at radius 1 is 1.09 bits per heavy atom. The molecular weight excluding hydrogens is 337 g/mol. The van der Waals surface area contributed by atoms with Gasteiger partial charge in [-0.3, -0.25) is 9.59 Å². The molecule has 0 bridgehead atoms. The first-order valence-electron chi connectivity index (χ1n) is 6.95. The molecule has 0 unspecified atom stereocenters. The van der Waals surface area contributed by atoms with E-state index in [2.05, 4.69) is 0 Å². The van der Waals surface area contributed by atoms with Crippen molar-refractivity contribution >= 4 is 51.0 Å². The van der Waals surface area contributed by atoms with E-state index in [1.807, 2.05) is 19.9 Å². The molecule has 0 fully saturated rings. The number of hydrogen-bond donors (Lipinski definition) is 1. The predicted octanol–water partition coefficient (Wildman–Crippen LogP) is 4.16. The first-order valence-corrected chi connectivity index (χ1v) is 7.70. The number of aliphatic carboxylic acids is 1. The maximum absolute atomic E-state index is 12.8. The quantitative estimate of drug-likeness (QED) is 0.706. The van der Waals surface area contributed by atoms with Crippen LogP contribution in [-0.4, -0.2) is 15.6 Å². The Hall–Kier alpha value is -2.04. The number of rotatable bonds is 2. The Labute approximate surface area is 141 Å². The second kappa shape index (κ2) is 5.55.